The van der Waals surface area contributed by atoms with E-state index in [9.17, 15) is 14.7 Å². The third-order valence-corrected chi connectivity index (χ3v) is 5.03. The van der Waals surface area contributed by atoms with Crippen LogP contribution in [0, 0.1) is 11.8 Å². The number of carbonyl (C=O) groups excluding carboxylic acids is 2. The molecule has 2 heterocycles. The minimum atomic E-state index is -0.720. The number of hydrogen-bond donors (Lipinski definition) is 2. The van der Waals surface area contributed by atoms with E-state index >= 15 is 0 Å². The summed E-state index contributed by atoms with van der Waals surface area (Å²) in [6, 6.07) is 0.245. The first kappa shape index (κ1) is 16.2. The van der Waals surface area contributed by atoms with Crippen molar-refractivity contribution in [3.63, 3.8) is 0 Å². The fourth-order valence-corrected chi connectivity index (χ4v) is 3.39. The van der Waals surface area contributed by atoms with Gasteiger partial charge in [-0.2, -0.15) is 0 Å². The number of hydrogen-bond acceptors (Lipinski definition) is 4. The van der Waals surface area contributed by atoms with E-state index in [1.807, 2.05) is 11.8 Å². The van der Waals surface area contributed by atoms with Crippen LogP contribution in [0.1, 0.15) is 27.7 Å². The standard InChI is InChI=1S/C15H27N3O3/c1-8-7-18(9(2)6-17(8)5)15(21)10(3)13-12(11(4)19)14(20)16-13/h8-13,19H,6-7H2,1-5H3,(H,16,20)/t8-,9-,10-,11-,12-,13-/m1/s1. The first-order valence-corrected chi connectivity index (χ1v) is 7.73. The normalized spacial score (nSPS) is 36.7. The zero-order valence-corrected chi connectivity index (χ0v) is 13.5. The summed E-state index contributed by atoms with van der Waals surface area (Å²) >= 11 is 0. The lowest BCUT2D eigenvalue weighted by atomic mass is 9.78. The van der Waals surface area contributed by atoms with Crippen LogP contribution in [0.3, 0.4) is 0 Å². The van der Waals surface area contributed by atoms with Gasteiger partial charge in [-0.3, -0.25) is 14.5 Å². The van der Waals surface area contributed by atoms with Crippen molar-refractivity contribution < 1.29 is 14.7 Å². The van der Waals surface area contributed by atoms with Gasteiger partial charge in [0.1, 0.15) is 0 Å². The number of carbonyl (C=O) groups is 2. The van der Waals surface area contributed by atoms with Gasteiger partial charge in [0.15, 0.2) is 0 Å². The molecule has 0 aliphatic carbocycles. The van der Waals surface area contributed by atoms with Crippen LogP contribution in [0.4, 0.5) is 0 Å². The molecule has 0 radical (unpaired) electrons. The van der Waals surface area contributed by atoms with E-state index in [-0.39, 0.29) is 29.8 Å². The number of nitrogens with zero attached hydrogens (tertiary/aromatic N) is 2. The molecule has 0 bridgehead atoms. The van der Waals surface area contributed by atoms with Crippen LogP contribution >= 0.6 is 0 Å². The summed E-state index contributed by atoms with van der Waals surface area (Å²) in [5, 5.41) is 12.5. The van der Waals surface area contributed by atoms with E-state index in [4.69, 9.17) is 0 Å². The molecular weight excluding hydrogens is 270 g/mol. The highest BCUT2D eigenvalue weighted by Crippen LogP contribution is 2.28. The maximum absolute atomic E-state index is 12.7. The van der Waals surface area contributed by atoms with Gasteiger partial charge in [0, 0.05) is 25.2 Å². The number of rotatable bonds is 3. The summed E-state index contributed by atoms with van der Waals surface area (Å²) in [5.41, 5.74) is 0. The van der Waals surface area contributed by atoms with Gasteiger partial charge in [-0.25, -0.2) is 0 Å². The van der Waals surface area contributed by atoms with Gasteiger partial charge in [-0.05, 0) is 27.8 Å². The van der Waals surface area contributed by atoms with Gasteiger partial charge < -0.3 is 15.3 Å². The van der Waals surface area contributed by atoms with Crippen LogP contribution in [0.15, 0.2) is 0 Å². The molecule has 6 heteroatoms. The fraction of sp³-hybridized carbons (Fsp3) is 0.867. The molecule has 0 unspecified atom stereocenters. The minimum absolute atomic E-state index is 0.0677. The average molecular weight is 297 g/mol. The van der Waals surface area contributed by atoms with Crippen LogP contribution in [0.5, 0.6) is 0 Å². The Bertz CT molecular complexity index is 426. The monoisotopic (exact) mass is 297 g/mol. The first-order valence-electron chi connectivity index (χ1n) is 7.73. The molecule has 6 atom stereocenters. The SMILES string of the molecule is C[C@@H]1CN(C(=O)[C@H](C)[C@H]2NC(=O)[C@@H]2[C@@H](C)O)[C@H](C)CN1C. The Morgan fingerprint density at radius 1 is 1.29 bits per heavy atom. The molecule has 21 heavy (non-hydrogen) atoms. The van der Waals surface area contributed by atoms with Crippen LogP contribution in [-0.4, -0.2) is 71.1 Å². The van der Waals surface area contributed by atoms with E-state index < -0.39 is 12.0 Å². The van der Waals surface area contributed by atoms with Crippen LogP contribution in [0.2, 0.25) is 0 Å². The number of aliphatic hydroxyl groups is 1. The largest absolute Gasteiger partial charge is 0.393 e. The molecule has 2 aliphatic rings. The second-order valence-electron chi connectivity index (χ2n) is 6.72. The van der Waals surface area contributed by atoms with Crippen molar-refractivity contribution in [1.82, 2.24) is 15.1 Å². The van der Waals surface area contributed by atoms with Crippen molar-refractivity contribution in [1.29, 1.82) is 0 Å². The molecule has 0 spiro atoms. The minimum Gasteiger partial charge on any atom is -0.393 e. The van der Waals surface area contributed by atoms with Gasteiger partial charge in [-0.1, -0.05) is 6.92 Å². The van der Waals surface area contributed by atoms with Crippen LogP contribution < -0.4 is 5.32 Å². The number of piperazine rings is 1. The molecule has 6 nitrogen and oxygen atoms in total. The maximum atomic E-state index is 12.7. The van der Waals surface area contributed by atoms with Crippen molar-refractivity contribution in [2.45, 2.75) is 51.9 Å². The van der Waals surface area contributed by atoms with Crippen molar-refractivity contribution in [2.75, 3.05) is 20.1 Å². The smallest absolute Gasteiger partial charge is 0.228 e. The topological polar surface area (TPSA) is 72.9 Å². The third-order valence-electron chi connectivity index (χ3n) is 5.03. The highest BCUT2D eigenvalue weighted by molar-refractivity contribution is 5.90. The van der Waals surface area contributed by atoms with E-state index in [1.165, 1.54) is 0 Å². The molecule has 2 rings (SSSR count). The summed E-state index contributed by atoms with van der Waals surface area (Å²) in [5.74, 6) is -0.864. The number of likely N-dealkylation sites (N-methyl/N-ethyl adjacent to an activating group) is 1. The Hall–Kier alpha value is -1.14. The van der Waals surface area contributed by atoms with E-state index in [1.54, 1.807) is 6.92 Å². The molecule has 2 fully saturated rings. The summed E-state index contributed by atoms with van der Waals surface area (Å²) in [7, 11) is 2.07. The van der Waals surface area contributed by atoms with Crippen molar-refractivity contribution >= 4 is 11.8 Å². The van der Waals surface area contributed by atoms with Gasteiger partial charge in [0.2, 0.25) is 11.8 Å². The Kier molecular flexibility index (Phi) is 4.58. The molecule has 0 saturated carbocycles. The number of amides is 2. The number of β-lactam (4-membered cyclic amide) rings is 1. The Balaban J connectivity index is 2.04. The maximum Gasteiger partial charge on any atom is 0.228 e. The lowest BCUT2D eigenvalue weighted by Crippen LogP contribution is -2.67. The number of nitrogens with one attached hydrogen (secondary N) is 1. The lowest BCUT2D eigenvalue weighted by Gasteiger charge is -2.46. The Labute approximate surface area is 126 Å². The van der Waals surface area contributed by atoms with Crippen LogP contribution in [0.25, 0.3) is 0 Å². The lowest BCUT2D eigenvalue weighted by molar-refractivity contribution is -0.151. The Morgan fingerprint density at radius 2 is 1.90 bits per heavy atom. The van der Waals surface area contributed by atoms with E-state index in [0.29, 0.717) is 12.6 Å². The van der Waals surface area contributed by atoms with Gasteiger partial charge in [-0.15, -0.1) is 0 Å². The summed E-state index contributed by atoms with van der Waals surface area (Å²) < 4.78 is 0. The molecular formula is C15H27N3O3. The molecule has 2 saturated heterocycles. The first-order chi connectivity index (χ1) is 9.73. The highest BCUT2D eigenvalue weighted by Gasteiger charge is 2.48. The second-order valence-corrected chi connectivity index (χ2v) is 6.72. The van der Waals surface area contributed by atoms with Gasteiger partial charge in [0.25, 0.3) is 0 Å². The van der Waals surface area contributed by atoms with E-state index in [0.717, 1.165) is 6.54 Å². The molecule has 0 aromatic heterocycles. The zero-order chi connectivity index (χ0) is 15.9. The zero-order valence-electron chi connectivity index (χ0n) is 13.5. The molecule has 120 valence electrons. The van der Waals surface area contributed by atoms with Crippen molar-refractivity contribution in [3.8, 4) is 0 Å². The predicted molar refractivity (Wildman–Crippen MR) is 79.5 cm³/mol. The summed E-state index contributed by atoms with van der Waals surface area (Å²) in [4.78, 5) is 28.5. The Morgan fingerprint density at radius 3 is 2.43 bits per heavy atom. The molecule has 0 aromatic rings. The van der Waals surface area contributed by atoms with Gasteiger partial charge in [0.05, 0.1) is 24.0 Å². The van der Waals surface area contributed by atoms with E-state index in [2.05, 4.69) is 31.1 Å². The van der Waals surface area contributed by atoms with Crippen molar-refractivity contribution in [2.24, 2.45) is 11.8 Å². The predicted octanol–water partition coefficient (Wildman–Crippen LogP) is -0.331. The summed E-state index contributed by atoms with van der Waals surface area (Å²) in [6.45, 7) is 9.18. The molecule has 0 aromatic carbocycles. The average Bonchev–Trinajstić information content (AvgIpc) is 2.37. The molecule has 2 amide bonds. The van der Waals surface area contributed by atoms with Gasteiger partial charge >= 0.3 is 0 Å². The molecule has 2 N–H and O–H groups in total. The third kappa shape index (κ3) is 2.92. The highest BCUT2D eigenvalue weighted by atomic mass is 16.3. The quantitative estimate of drug-likeness (QED) is 0.700. The van der Waals surface area contributed by atoms with Crippen LogP contribution in [-0.2, 0) is 9.59 Å². The number of aliphatic hydroxyl groups excluding tert-OH is 1. The fourth-order valence-electron chi connectivity index (χ4n) is 3.39. The molecule has 2 aliphatic heterocycles. The summed E-state index contributed by atoms with van der Waals surface area (Å²) in [6.07, 6.45) is -0.720. The van der Waals surface area contributed by atoms with Crippen molar-refractivity contribution in [3.05, 3.63) is 0 Å². The second kappa shape index (κ2) is 5.93.